The highest BCUT2D eigenvalue weighted by Crippen LogP contribution is 2.50. The molecule has 29 heavy (non-hydrogen) atoms. The van der Waals surface area contributed by atoms with Crippen LogP contribution in [-0.4, -0.2) is 42.1 Å². The Morgan fingerprint density at radius 1 is 1.21 bits per heavy atom. The van der Waals surface area contributed by atoms with Gasteiger partial charge in [0, 0.05) is 35.5 Å². The fourth-order valence-electron chi connectivity index (χ4n) is 3.98. The molecular formula is C22H29F3N2OS. The Morgan fingerprint density at radius 2 is 1.97 bits per heavy atom. The van der Waals surface area contributed by atoms with E-state index >= 15 is 8.78 Å². The van der Waals surface area contributed by atoms with E-state index in [4.69, 9.17) is 4.74 Å². The van der Waals surface area contributed by atoms with Gasteiger partial charge in [0.2, 0.25) is 0 Å². The van der Waals surface area contributed by atoms with Crippen LogP contribution in [0.1, 0.15) is 43.3 Å². The minimum atomic E-state index is -2.91. The lowest BCUT2D eigenvalue weighted by Gasteiger charge is -2.37. The smallest absolute Gasteiger partial charge is 0.269 e. The van der Waals surface area contributed by atoms with Crippen molar-refractivity contribution in [3.05, 3.63) is 51.7 Å². The van der Waals surface area contributed by atoms with Crippen molar-refractivity contribution >= 4 is 11.3 Å². The van der Waals surface area contributed by atoms with E-state index in [9.17, 15) is 4.39 Å². The summed E-state index contributed by atoms with van der Waals surface area (Å²) in [6.07, 6.45) is 2.43. The lowest BCUT2D eigenvalue weighted by molar-refractivity contribution is -0.121. The van der Waals surface area contributed by atoms with Crippen molar-refractivity contribution in [2.24, 2.45) is 5.41 Å². The van der Waals surface area contributed by atoms with Gasteiger partial charge in [0.15, 0.2) is 5.13 Å². The first-order valence-electron chi connectivity index (χ1n) is 9.98. The highest BCUT2D eigenvalue weighted by Gasteiger charge is 2.61. The van der Waals surface area contributed by atoms with Crippen molar-refractivity contribution in [1.82, 2.24) is 9.88 Å². The number of pyridine rings is 1. The number of halogens is 3. The van der Waals surface area contributed by atoms with Gasteiger partial charge < -0.3 is 4.74 Å². The largest absolute Gasteiger partial charge is 0.381 e. The van der Waals surface area contributed by atoms with Crippen molar-refractivity contribution in [3.8, 4) is 0 Å². The summed E-state index contributed by atoms with van der Waals surface area (Å²) in [4.78, 5) is 6.97. The zero-order valence-electron chi connectivity index (χ0n) is 17.5. The van der Waals surface area contributed by atoms with Crippen molar-refractivity contribution < 1.29 is 17.9 Å². The molecule has 3 nitrogen and oxygen atoms in total. The van der Waals surface area contributed by atoms with E-state index in [-0.39, 0.29) is 31.2 Å². The van der Waals surface area contributed by atoms with Crippen LogP contribution < -0.4 is 0 Å². The summed E-state index contributed by atoms with van der Waals surface area (Å²) < 4.78 is 49.8. The van der Waals surface area contributed by atoms with E-state index < -0.39 is 16.9 Å². The van der Waals surface area contributed by atoms with Gasteiger partial charge in [-0.1, -0.05) is 6.07 Å². The third-order valence-corrected chi connectivity index (χ3v) is 7.06. The van der Waals surface area contributed by atoms with Crippen LogP contribution in [-0.2, 0) is 16.7 Å². The Hall–Kier alpha value is -1.44. The summed E-state index contributed by atoms with van der Waals surface area (Å²) >= 11 is 1.02. The molecule has 0 aliphatic carbocycles. The van der Waals surface area contributed by atoms with Crippen LogP contribution in [0.5, 0.6) is 0 Å². The molecule has 0 radical (unpaired) electrons. The van der Waals surface area contributed by atoms with Crippen LogP contribution >= 0.6 is 11.3 Å². The number of aromatic nitrogens is 1. The maximum Gasteiger partial charge on any atom is 0.269 e. The van der Waals surface area contributed by atoms with E-state index in [1.54, 1.807) is 12.3 Å². The Morgan fingerprint density at radius 3 is 2.55 bits per heavy atom. The normalized spacial score (nSPS) is 22.3. The van der Waals surface area contributed by atoms with Gasteiger partial charge in [0.25, 0.3) is 5.92 Å². The van der Waals surface area contributed by atoms with E-state index in [1.807, 2.05) is 44.7 Å². The fourth-order valence-corrected chi connectivity index (χ4v) is 4.71. The summed E-state index contributed by atoms with van der Waals surface area (Å²) in [7, 11) is 0. The Bertz CT molecular complexity index is 822. The fraction of sp³-hybridized carbons (Fsp3) is 0.591. The second-order valence-electron chi connectivity index (χ2n) is 8.43. The predicted octanol–water partition coefficient (Wildman–Crippen LogP) is 5.43. The summed E-state index contributed by atoms with van der Waals surface area (Å²) in [5.74, 6) is -2.91. The first kappa shape index (κ1) is 22.2. The number of likely N-dealkylation sites (tertiary alicyclic amines) is 1. The van der Waals surface area contributed by atoms with Crippen molar-refractivity contribution in [2.75, 3.05) is 26.3 Å². The minimum absolute atomic E-state index is 0.0108. The van der Waals surface area contributed by atoms with E-state index in [0.29, 0.717) is 13.0 Å². The van der Waals surface area contributed by atoms with Gasteiger partial charge in [-0.05, 0) is 64.3 Å². The first-order valence-corrected chi connectivity index (χ1v) is 10.8. The van der Waals surface area contributed by atoms with Crippen molar-refractivity contribution in [3.63, 3.8) is 0 Å². The molecule has 0 N–H and O–H groups in total. The van der Waals surface area contributed by atoms with Crippen LogP contribution in [0.3, 0.4) is 0 Å². The monoisotopic (exact) mass is 426 g/mol. The second kappa shape index (κ2) is 8.36. The first-order chi connectivity index (χ1) is 13.6. The molecule has 0 amide bonds. The average Bonchev–Trinajstić information content (AvgIpc) is 3.19. The van der Waals surface area contributed by atoms with Crippen molar-refractivity contribution in [2.45, 2.75) is 52.0 Å². The van der Waals surface area contributed by atoms with E-state index in [1.165, 1.54) is 6.07 Å². The average molecular weight is 427 g/mol. The molecule has 2 aromatic rings. The Labute approximate surface area is 174 Å². The maximum atomic E-state index is 15.4. The number of hydrogen-bond donors (Lipinski definition) is 0. The molecule has 1 aliphatic heterocycles. The molecule has 1 saturated heterocycles. The Kier molecular flexibility index (Phi) is 6.41. The number of nitrogens with zero attached hydrogens (tertiary/aromatic N) is 2. The molecule has 1 atom stereocenters. The van der Waals surface area contributed by atoms with Crippen LogP contribution in [0.15, 0.2) is 30.5 Å². The number of aryl methyl sites for hydroxylation is 2. The third kappa shape index (κ3) is 4.52. The van der Waals surface area contributed by atoms with Gasteiger partial charge >= 0.3 is 0 Å². The number of rotatable bonds is 8. The van der Waals surface area contributed by atoms with Gasteiger partial charge in [-0.15, -0.1) is 11.3 Å². The van der Waals surface area contributed by atoms with Crippen LogP contribution in [0.4, 0.5) is 13.2 Å². The van der Waals surface area contributed by atoms with Crippen molar-refractivity contribution in [1.29, 1.82) is 0 Å². The molecule has 160 valence electrons. The highest BCUT2D eigenvalue weighted by atomic mass is 32.1. The lowest BCUT2D eigenvalue weighted by Crippen LogP contribution is -2.44. The summed E-state index contributed by atoms with van der Waals surface area (Å²) in [5, 5.41) is -0.285. The molecule has 0 aromatic carbocycles. The molecule has 1 aliphatic rings. The standard InChI is InChI=1S/C22H29F3N2OS/c1-5-28-15-21(11-10-18-8-9-19(23)29-18)13-27(14-22(21,24)25)20(3,4)17-7-6-16(2)26-12-17/h6-9,12H,5,10-11,13-15H2,1-4H3. The molecule has 1 unspecified atom stereocenters. The summed E-state index contributed by atoms with van der Waals surface area (Å²) in [5.41, 5.74) is -0.0944. The van der Waals surface area contributed by atoms with Gasteiger partial charge in [-0.3, -0.25) is 9.88 Å². The van der Waals surface area contributed by atoms with Gasteiger partial charge in [0.1, 0.15) is 0 Å². The van der Waals surface area contributed by atoms with E-state index in [0.717, 1.165) is 27.5 Å². The zero-order chi connectivity index (χ0) is 21.3. The number of alkyl halides is 2. The molecule has 0 saturated carbocycles. The molecule has 1 fully saturated rings. The predicted molar refractivity (Wildman–Crippen MR) is 110 cm³/mol. The van der Waals surface area contributed by atoms with Crippen LogP contribution in [0.25, 0.3) is 0 Å². The zero-order valence-corrected chi connectivity index (χ0v) is 18.3. The molecule has 3 rings (SSSR count). The SMILES string of the molecule is CCOCC1(CCc2ccc(F)s2)CN(C(C)(C)c2ccc(C)nc2)CC1(F)F. The third-order valence-electron chi connectivity index (χ3n) is 6.13. The van der Waals surface area contributed by atoms with Gasteiger partial charge in [0.05, 0.1) is 18.6 Å². The molecule has 3 heterocycles. The Balaban J connectivity index is 1.86. The summed E-state index contributed by atoms with van der Waals surface area (Å²) in [6.45, 7) is 7.90. The quantitative estimate of drug-likeness (QED) is 0.563. The highest BCUT2D eigenvalue weighted by molar-refractivity contribution is 7.10. The topological polar surface area (TPSA) is 25.4 Å². The maximum absolute atomic E-state index is 15.4. The molecule has 0 bridgehead atoms. The number of ether oxygens (including phenoxy) is 1. The van der Waals surface area contributed by atoms with Crippen LogP contribution in [0, 0.1) is 17.5 Å². The minimum Gasteiger partial charge on any atom is -0.381 e. The molecule has 0 spiro atoms. The molecule has 7 heteroatoms. The molecular weight excluding hydrogens is 397 g/mol. The number of thiophene rings is 1. The van der Waals surface area contributed by atoms with E-state index in [2.05, 4.69) is 4.98 Å². The van der Waals surface area contributed by atoms with Crippen LogP contribution in [0.2, 0.25) is 0 Å². The summed E-state index contributed by atoms with van der Waals surface area (Å²) in [6, 6.07) is 6.94. The number of hydrogen-bond acceptors (Lipinski definition) is 4. The van der Waals surface area contributed by atoms with Gasteiger partial charge in [-0.25, -0.2) is 8.78 Å². The van der Waals surface area contributed by atoms with Gasteiger partial charge in [-0.2, -0.15) is 4.39 Å². The lowest BCUT2D eigenvalue weighted by atomic mass is 9.79. The second-order valence-corrected chi connectivity index (χ2v) is 9.55. The molecule has 2 aromatic heterocycles.